The summed E-state index contributed by atoms with van der Waals surface area (Å²) in [4.78, 5) is 39.9. The van der Waals surface area contributed by atoms with Gasteiger partial charge in [0.1, 0.15) is 24.4 Å². The van der Waals surface area contributed by atoms with Crippen LogP contribution < -0.4 is 10.3 Å². The Labute approximate surface area is 205 Å². The van der Waals surface area contributed by atoms with Crippen molar-refractivity contribution >= 4 is 17.8 Å². The maximum absolute atomic E-state index is 12.9. The average Bonchev–Trinajstić information content (AvgIpc) is 3.25. The molecule has 2 aromatic carbocycles. The van der Waals surface area contributed by atoms with E-state index in [1.807, 2.05) is 0 Å². The molecule has 1 fully saturated rings. The summed E-state index contributed by atoms with van der Waals surface area (Å²) in [5, 5.41) is 3.82. The first-order valence-electron chi connectivity index (χ1n) is 11.0. The van der Waals surface area contributed by atoms with Gasteiger partial charge >= 0.3 is 11.9 Å². The molecule has 2 heterocycles. The van der Waals surface area contributed by atoms with Crippen LogP contribution in [0, 0.1) is 0 Å². The minimum absolute atomic E-state index is 0.192. The van der Waals surface area contributed by atoms with Crippen LogP contribution in [-0.4, -0.2) is 42.7 Å². The number of azide groups is 1. The third-order valence-electron chi connectivity index (χ3n) is 5.54. The number of benzene rings is 2. The first kappa shape index (κ1) is 24.4. The number of pyridine rings is 1. The van der Waals surface area contributed by atoms with E-state index in [-0.39, 0.29) is 17.7 Å². The maximum atomic E-state index is 12.9. The Balaban J connectivity index is 1.63. The summed E-state index contributed by atoms with van der Waals surface area (Å²) < 4.78 is 18.7. The number of amides is 1. The summed E-state index contributed by atoms with van der Waals surface area (Å²) in [5.41, 5.74) is 15.5. The van der Waals surface area contributed by atoms with Crippen LogP contribution in [0.2, 0.25) is 0 Å². The Morgan fingerprint density at radius 1 is 0.944 bits per heavy atom. The van der Waals surface area contributed by atoms with E-state index in [2.05, 4.69) is 10.0 Å². The van der Waals surface area contributed by atoms with Crippen LogP contribution in [0.25, 0.3) is 10.4 Å². The fourth-order valence-electron chi connectivity index (χ4n) is 3.81. The molecule has 11 nitrogen and oxygen atoms in total. The van der Waals surface area contributed by atoms with Gasteiger partial charge in [-0.1, -0.05) is 41.5 Å². The lowest BCUT2D eigenvalue weighted by molar-refractivity contribution is -0.760. The van der Waals surface area contributed by atoms with E-state index in [1.54, 1.807) is 72.9 Å². The third-order valence-corrected chi connectivity index (χ3v) is 5.54. The van der Waals surface area contributed by atoms with Crippen molar-refractivity contribution in [3.05, 3.63) is 112 Å². The zero-order chi connectivity index (χ0) is 25.5. The normalized spacial score (nSPS) is 20.7. The highest BCUT2D eigenvalue weighted by molar-refractivity contribution is 5.92. The summed E-state index contributed by atoms with van der Waals surface area (Å²) in [6.07, 6.45) is -0.0380. The lowest BCUT2D eigenvalue weighted by atomic mass is 10.1. The number of aromatic nitrogens is 1. The number of rotatable bonds is 8. The second-order valence-corrected chi connectivity index (χ2v) is 7.87. The number of hydrogen-bond donors (Lipinski definition) is 1. The first-order chi connectivity index (χ1) is 17.5. The minimum Gasteiger partial charge on any atom is -0.459 e. The number of carbonyl (C=O) groups excluding carboxylic acids is 3. The molecule has 1 saturated heterocycles. The zero-order valence-electron chi connectivity index (χ0n) is 18.9. The Bertz CT molecular complexity index is 1300. The van der Waals surface area contributed by atoms with Gasteiger partial charge in [-0.25, -0.2) is 9.59 Å². The summed E-state index contributed by atoms with van der Waals surface area (Å²) in [6.45, 7) is -0.287. The summed E-state index contributed by atoms with van der Waals surface area (Å²) >= 11 is 0. The van der Waals surface area contributed by atoms with Crippen LogP contribution in [-0.2, 0) is 14.2 Å². The largest absolute Gasteiger partial charge is 0.459 e. The highest BCUT2D eigenvalue weighted by Crippen LogP contribution is 2.32. The third kappa shape index (κ3) is 5.49. The van der Waals surface area contributed by atoms with Crippen LogP contribution in [0.15, 0.2) is 90.3 Å². The Morgan fingerprint density at radius 3 is 2.17 bits per heavy atom. The molecule has 0 aliphatic carbocycles. The smallest absolute Gasteiger partial charge is 0.338 e. The highest BCUT2D eigenvalue weighted by atomic mass is 16.6. The van der Waals surface area contributed by atoms with Gasteiger partial charge in [0.25, 0.3) is 12.1 Å². The molecule has 0 radical (unpaired) electrons. The Hall–Kier alpha value is -4.73. The van der Waals surface area contributed by atoms with Crippen molar-refractivity contribution < 1.29 is 33.2 Å². The number of nitrogens with zero attached hydrogens (tertiary/aromatic N) is 4. The molecule has 11 heteroatoms. The predicted molar refractivity (Wildman–Crippen MR) is 124 cm³/mol. The molecule has 4 rings (SSSR count). The molecule has 1 amide bonds. The lowest BCUT2D eigenvalue weighted by Crippen LogP contribution is -2.46. The SMILES string of the molecule is [N-]=[N+]=NC1[C@H]([n+]2cccc(C(N)=O)c2)O[C@H](COC(=O)c2ccccc2)[C@H]1OC(=O)c1ccccc1. The second-order valence-electron chi connectivity index (χ2n) is 7.87. The van der Waals surface area contributed by atoms with E-state index in [1.165, 1.54) is 16.8 Å². The fourth-order valence-corrected chi connectivity index (χ4v) is 3.81. The minimum atomic E-state index is -1.10. The van der Waals surface area contributed by atoms with Crippen LogP contribution >= 0.6 is 0 Å². The molecule has 0 saturated carbocycles. The van der Waals surface area contributed by atoms with Gasteiger partial charge in [-0.05, 0) is 35.9 Å². The average molecular weight is 488 g/mol. The van der Waals surface area contributed by atoms with E-state index >= 15 is 0 Å². The molecule has 0 bridgehead atoms. The van der Waals surface area contributed by atoms with Gasteiger partial charge in [-0.2, -0.15) is 4.57 Å². The number of carbonyl (C=O) groups is 3. The predicted octanol–water partition coefficient (Wildman–Crippen LogP) is 2.73. The highest BCUT2D eigenvalue weighted by Gasteiger charge is 2.52. The second kappa shape index (κ2) is 11.1. The molecule has 182 valence electrons. The van der Waals surface area contributed by atoms with Crippen molar-refractivity contribution in [3.8, 4) is 0 Å². The molecule has 4 atom stereocenters. The van der Waals surface area contributed by atoms with Gasteiger partial charge in [0.05, 0.1) is 11.1 Å². The molecule has 3 aromatic rings. The van der Waals surface area contributed by atoms with Crippen molar-refractivity contribution in [2.45, 2.75) is 24.5 Å². The Morgan fingerprint density at radius 2 is 1.56 bits per heavy atom. The van der Waals surface area contributed by atoms with Crippen molar-refractivity contribution in [2.24, 2.45) is 10.8 Å². The van der Waals surface area contributed by atoms with E-state index in [0.717, 1.165) is 0 Å². The molecule has 36 heavy (non-hydrogen) atoms. The van der Waals surface area contributed by atoms with Crippen molar-refractivity contribution in [1.29, 1.82) is 0 Å². The van der Waals surface area contributed by atoms with Gasteiger partial charge in [-0.3, -0.25) is 4.79 Å². The van der Waals surface area contributed by atoms with Crippen LogP contribution in [0.4, 0.5) is 0 Å². The summed E-state index contributed by atoms with van der Waals surface area (Å²) in [5.74, 6) is -1.93. The fraction of sp³-hybridized carbons (Fsp3) is 0.200. The number of esters is 2. The van der Waals surface area contributed by atoms with Gasteiger partial charge < -0.3 is 19.9 Å². The van der Waals surface area contributed by atoms with Gasteiger partial charge in [0, 0.05) is 11.0 Å². The number of ether oxygens (including phenoxy) is 3. The summed E-state index contributed by atoms with van der Waals surface area (Å²) in [6, 6.07) is 18.7. The quantitative estimate of drug-likeness (QED) is 0.169. The van der Waals surface area contributed by atoms with Crippen LogP contribution in [0.3, 0.4) is 0 Å². The molecule has 1 aromatic heterocycles. The topological polar surface area (TPSA) is 158 Å². The van der Waals surface area contributed by atoms with Gasteiger partial charge in [-0.15, -0.1) is 0 Å². The van der Waals surface area contributed by atoms with Crippen LogP contribution in [0.1, 0.15) is 37.3 Å². The van der Waals surface area contributed by atoms with Gasteiger partial charge in [0.15, 0.2) is 18.4 Å². The monoisotopic (exact) mass is 488 g/mol. The van der Waals surface area contributed by atoms with E-state index in [0.29, 0.717) is 5.56 Å². The van der Waals surface area contributed by atoms with Crippen molar-refractivity contribution in [3.63, 3.8) is 0 Å². The number of hydrogen-bond acceptors (Lipinski definition) is 7. The molecular formula is C25H22N5O6+. The first-order valence-corrected chi connectivity index (χ1v) is 11.0. The number of nitrogens with two attached hydrogens (primary N) is 1. The van der Waals surface area contributed by atoms with Crippen molar-refractivity contribution in [2.75, 3.05) is 6.61 Å². The molecule has 1 aliphatic heterocycles. The van der Waals surface area contributed by atoms with Crippen LogP contribution in [0.5, 0.6) is 0 Å². The molecular weight excluding hydrogens is 466 g/mol. The molecule has 2 N–H and O–H groups in total. The molecule has 1 unspecified atom stereocenters. The summed E-state index contributed by atoms with van der Waals surface area (Å²) in [7, 11) is 0. The van der Waals surface area contributed by atoms with E-state index < -0.39 is 42.3 Å². The maximum Gasteiger partial charge on any atom is 0.338 e. The Kier molecular flexibility index (Phi) is 7.54. The number of primary amides is 1. The molecule has 0 spiro atoms. The van der Waals surface area contributed by atoms with Gasteiger partial charge in [0.2, 0.25) is 0 Å². The van der Waals surface area contributed by atoms with E-state index in [9.17, 15) is 19.9 Å². The molecule has 1 aliphatic rings. The zero-order valence-corrected chi connectivity index (χ0v) is 18.9. The van der Waals surface area contributed by atoms with E-state index in [4.69, 9.17) is 19.9 Å². The van der Waals surface area contributed by atoms with Crippen molar-refractivity contribution in [1.82, 2.24) is 0 Å². The standard InChI is InChI=1S/C25H21N5O6/c26-22(31)18-12-7-13-30(14-18)23-20(28-29-27)21(36-25(33)17-10-5-2-6-11-17)19(35-23)15-34-24(32)16-8-3-1-4-9-16/h1-14,19-21,23H,15H2,(H-,26,31)/p+1/t19-,20?,21-,23-/m1/s1. The lowest BCUT2D eigenvalue weighted by Gasteiger charge is -2.20.